The lowest BCUT2D eigenvalue weighted by molar-refractivity contribution is -0.136. The van der Waals surface area contributed by atoms with Crippen LogP contribution in [0.4, 0.5) is 5.69 Å². The summed E-state index contributed by atoms with van der Waals surface area (Å²) in [6.45, 7) is 0.293. The van der Waals surface area contributed by atoms with Crippen molar-refractivity contribution in [3.8, 4) is 16.9 Å². The highest BCUT2D eigenvalue weighted by atomic mass is 16.5. The van der Waals surface area contributed by atoms with Crippen LogP contribution in [0.15, 0.2) is 78.9 Å². The van der Waals surface area contributed by atoms with E-state index in [0.29, 0.717) is 18.0 Å². The molecule has 3 aromatic rings. The summed E-state index contributed by atoms with van der Waals surface area (Å²) >= 11 is 0. The molecule has 0 saturated heterocycles. The molecule has 136 valence electrons. The third kappa shape index (κ3) is 4.73. The molecule has 0 heterocycles. The van der Waals surface area contributed by atoms with Gasteiger partial charge in [-0.15, -0.1) is 0 Å². The summed E-state index contributed by atoms with van der Waals surface area (Å²) in [5, 5.41) is 5.31. The minimum atomic E-state index is -0.715. The molecule has 5 heteroatoms. The van der Waals surface area contributed by atoms with Gasteiger partial charge < -0.3 is 15.4 Å². The first-order chi connectivity index (χ1) is 13.2. The summed E-state index contributed by atoms with van der Waals surface area (Å²) in [6.07, 6.45) is 0. The topological polar surface area (TPSA) is 67.4 Å². The number of nitrogens with one attached hydrogen (secondary N) is 2. The van der Waals surface area contributed by atoms with Gasteiger partial charge in [-0.25, -0.2) is 0 Å². The molecule has 0 aromatic heterocycles. The smallest absolute Gasteiger partial charge is 0.313 e. The molecule has 0 atom stereocenters. The molecule has 5 nitrogen and oxygen atoms in total. The normalized spacial score (nSPS) is 10.1. The highest BCUT2D eigenvalue weighted by Crippen LogP contribution is 2.31. The van der Waals surface area contributed by atoms with Crippen LogP contribution in [0, 0.1) is 0 Å². The van der Waals surface area contributed by atoms with Gasteiger partial charge in [0.15, 0.2) is 0 Å². The van der Waals surface area contributed by atoms with Crippen LogP contribution >= 0.6 is 0 Å². The van der Waals surface area contributed by atoms with Gasteiger partial charge in [0.25, 0.3) is 0 Å². The van der Waals surface area contributed by atoms with Crippen LogP contribution in [-0.4, -0.2) is 18.9 Å². The Morgan fingerprint density at radius 3 is 2.19 bits per heavy atom. The van der Waals surface area contributed by atoms with Crippen molar-refractivity contribution < 1.29 is 14.3 Å². The van der Waals surface area contributed by atoms with Gasteiger partial charge in [-0.2, -0.15) is 0 Å². The third-order valence-corrected chi connectivity index (χ3v) is 4.06. The lowest BCUT2D eigenvalue weighted by Gasteiger charge is -2.13. The molecule has 0 aliphatic rings. The number of amides is 2. The Morgan fingerprint density at radius 1 is 0.852 bits per heavy atom. The Labute approximate surface area is 158 Å². The molecule has 0 saturated carbocycles. The zero-order valence-corrected chi connectivity index (χ0v) is 14.9. The van der Waals surface area contributed by atoms with Crippen molar-refractivity contribution >= 4 is 17.5 Å². The molecule has 0 aliphatic heterocycles. The maximum Gasteiger partial charge on any atom is 0.313 e. The van der Waals surface area contributed by atoms with Crippen LogP contribution in [0.5, 0.6) is 5.75 Å². The molecule has 0 radical (unpaired) electrons. The molecule has 0 aliphatic carbocycles. The summed E-state index contributed by atoms with van der Waals surface area (Å²) in [4.78, 5) is 24.5. The maximum atomic E-state index is 12.3. The SMILES string of the molecule is COc1ccc(NC(=O)C(=O)NCc2ccccc2)c(-c2ccccc2)c1. The molecule has 3 aromatic carbocycles. The Kier molecular flexibility index (Phi) is 5.84. The highest BCUT2D eigenvalue weighted by molar-refractivity contribution is 6.39. The van der Waals surface area contributed by atoms with E-state index >= 15 is 0 Å². The van der Waals surface area contributed by atoms with Crippen LogP contribution in [-0.2, 0) is 16.1 Å². The molecule has 2 amide bonds. The predicted molar refractivity (Wildman–Crippen MR) is 105 cm³/mol. The average molecular weight is 360 g/mol. The van der Waals surface area contributed by atoms with Crippen molar-refractivity contribution in [3.05, 3.63) is 84.4 Å². The van der Waals surface area contributed by atoms with Gasteiger partial charge in [-0.05, 0) is 29.3 Å². The van der Waals surface area contributed by atoms with E-state index in [0.717, 1.165) is 16.7 Å². The maximum absolute atomic E-state index is 12.3. The summed E-state index contributed by atoms with van der Waals surface area (Å²) in [6, 6.07) is 24.3. The van der Waals surface area contributed by atoms with E-state index in [9.17, 15) is 9.59 Å². The van der Waals surface area contributed by atoms with Gasteiger partial charge in [0.1, 0.15) is 5.75 Å². The molecule has 0 spiro atoms. The molecular weight excluding hydrogens is 340 g/mol. The van der Waals surface area contributed by atoms with Crippen molar-refractivity contribution in [1.29, 1.82) is 0 Å². The summed E-state index contributed by atoms with van der Waals surface area (Å²) in [5.41, 5.74) is 3.16. The quantitative estimate of drug-likeness (QED) is 0.683. The van der Waals surface area contributed by atoms with Gasteiger partial charge in [-0.1, -0.05) is 60.7 Å². The lowest BCUT2D eigenvalue weighted by atomic mass is 10.0. The van der Waals surface area contributed by atoms with Gasteiger partial charge in [0, 0.05) is 17.8 Å². The molecule has 0 fully saturated rings. The molecule has 27 heavy (non-hydrogen) atoms. The molecular formula is C22H20N2O3. The van der Waals surface area contributed by atoms with Crippen LogP contribution in [0.2, 0.25) is 0 Å². The Bertz CT molecular complexity index is 925. The fourth-order valence-electron chi connectivity index (χ4n) is 2.65. The minimum Gasteiger partial charge on any atom is -0.497 e. The van der Waals surface area contributed by atoms with E-state index < -0.39 is 11.8 Å². The third-order valence-electron chi connectivity index (χ3n) is 4.06. The first-order valence-corrected chi connectivity index (χ1v) is 8.54. The molecule has 2 N–H and O–H groups in total. The number of hydrogen-bond acceptors (Lipinski definition) is 3. The van der Waals surface area contributed by atoms with Gasteiger partial charge >= 0.3 is 11.8 Å². The van der Waals surface area contributed by atoms with Crippen molar-refractivity contribution in [2.24, 2.45) is 0 Å². The van der Waals surface area contributed by atoms with Gasteiger partial charge in [-0.3, -0.25) is 9.59 Å². The summed E-state index contributed by atoms with van der Waals surface area (Å²) in [5.74, 6) is -0.734. The standard InChI is InChI=1S/C22H20N2O3/c1-27-18-12-13-20(19(14-18)17-10-6-3-7-11-17)24-22(26)21(25)23-15-16-8-4-2-5-9-16/h2-14H,15H2,1H3,(H,23,25)(H,24,26). The van der Waals surface area contributed by atoms with Crippen molar-refractivity contribution in [3.63, 3.8) is 0 Å². The number of methoxy groups -OCH3 is 1. The fourth-order valence-corrected chi connectivity index (χ4v) is 2.65. The van der Waals surface area contributed by atoms with Crippen molar-refractivity contribution in [2.75, 3.05) is 12.4 Å². The number of carbonyl (C=O) groups excluding carboxylic acids is 2. The number of ether oxygens (including phenoxy) is 1. The van der Waals surface area contributed by atoms with E-state index in [1.807, 2.05) is 66.7 Å². The van der Waals surface area contributed by atoms with E-state index in [4.69, 9.17) is 4.74 Å². The first-order valence-electron chi connectivity index (χ1n) is 8.54. The number of carbonyl (C=O) groups is 2. The van der Waals surface area contributed by atoms with E-state index in [1.165, 1.54) is 0 Å². The van der Waals surface area contributed by atoms with Crippen LogP contribution in [0.3, 0.4) is 0 Å². The average Bonchev–Trinajstić information content (AvgIpc) is 2.73. The molecule has 3 rings (SSSR count). The van der Waals surface area contributed by atoms with Crippen molar-refractivity contribution in [1.82, 2.24) is 5.32 Å². The lowest BCUT2D eigenvalue weighted by Crippen LogP contribution is -2.35. The van der Waals surface area contributed by atoms with Crippen LogP contribution in [0.1, 0.15) is 5.56 Å². The minimum absolute atomic E-state index is 0.293. The largest absolute Gasteiger partial charge is 0.497 e. The Hall–Kier alpha value is -3.60. The first kappa shape index (κ1) is 18.2. The zero-order chi connectivity index (χ0) is 19.1. The summed E-state index contributed by atoms with van der Waals surface area (Å²) in [7, 11) is 1.58. The monoisotopic (exact) mass is 360 g/mol. The van der Waals surface area contributed by atoms with E-state index in [2.05, 4.69) is 10.6 Å². The predicted octanol–water partition coefficient (Wildman–Crippen LogP) is 3.62. The second-order valence-electron chi connectivity index (χ2n) is 5.90. The number of benzene rings is 3. The summed E-state index contributed by atoms with van der Waals surface area (Å²) < 4.78 is 5.28. The number of anilines is 1. The number of hydrogen-bond donors (Lipinski definition) is 2. The van der Waals surface area contributed by atoms with E-state index in [-0.39, 0.29) is 0 Å². The second kappa shape index (κ2) is 8.67. The van der Waals surface area contributed by atoms with Crippen molar-refractivity contribution in [2.45, 2.75) is 6.54 Å². The zero-order valence-electron chi connectivity index (χ0n) is 14.9. The molecule has 0 bridgehead atoms. The van der Waals surface area contributed by atoms with Gasteiger partial charge in [0.05, 0.1) is 7.11 Å². The van der Waals surface area contributed by atoms with Crippen LogP contribution < -0.4 is 15.4 Å². The fraction of sp³-hybridized carbons (Fsp3) is 0.0909. The highest BCUT2D eigenvalue weighted by Gasteiger charge is 2.16. The van der Waals surface area contributed by atoms with E-state index in [1.54, 1.807) is 19.2 Å². The second-order valence-corrected chi connectivity index (χ2v) is 5.90. The Balaban J connectivity index is 1.74. The Morgan fingerprint density at radius 2 is 1.52 bits per heavy atom. The molecule has 0 unspecified atom stereocenters. The van der Waals surface area contributed by atoms with Gasteiger partial charge in [0.2, 0.25) is 0 Å². The number of rotatable bonds is 5. The van der Waals surface area contributed by atoms with Crippen LogP contribution in [0.25, 0.3) is 11.1 Å².